The summed E-state index contributed by atoms with van der Waals surface area (Å²) >= 11 is 0. The molecule has 0 aliphatic rings. The van der Waals surface area contributed by atoms with Gasteiger partial charge in [-0.3, -0.25) is 0 Å². The summed E-state index contributed by atoms with van der Waals surface area (Å²) in [6.45, 7) is 6.46. The van der Waals surface area contributed by atoms with Gasteiger partial charge in [0.2, 0.25) is 0 Å². The van der Waals surface area contributed by atoms with Gasteiger partial charge in [0.15, 0.2) is 0 Å². The second-order valence-corrected chi connectivity index (χ2v) is 5.11. The fraction of sp³-hybridized carbons (Fsp3) is 0.375. The molecule has 2 nitrogen and oxygen atoms in total. The molecule has 1 atom stereocenters. The molecule has 2 aromatic rings. The summed E-state index contributed by atoms with van der Waals surface area (Å²) in [7, 11) is 0. The summed E-state index contributed by atoms with van der Waals surface area (Å²) in [4.78, 5) is 0. The van der Waals surface area contributed by atoms with Crippen LogP contribution in [0.15, 0.2) is 34.9 Å². The zero-order valence-electron chi connectivity index (χ0n) is 11.7. The van der Waals surface area contributed by atoms with E-state index in [0.717, 1.165) is 24.3 Å². The Bertz CT molecular complexity index is 511. The second kappa shape index (κ2) is 6.02. The van der Waals surface area contributed by atoms with E-state index in [-0.39, 0.29) is 5.82 Å². The van der Waals surface area contributed by atoms with Crippen LogP contribution in [0.1, 0.15) is 29.4 Å². The van der Waals surface area contributed by atoms with Crippen LogP contribution in [0.3, 0.4) is 0 Å². The third-order valence-corrected chi connectivity index (χ3v) is 3.24. The molecule has 19 heavy (non-hydrogen) atoms. The van der Waals surface area contributed by atoms with Crippen LogP contribution in [0, 0.1) is 19.7 Å². The lowest BCUT2D eigenvalue weighted by atomic mass is 10.1. The van der Waals surface area contributed by atoms with Crippen LogP contribution < -0.4 is 5.32 Å². The molecule has 0 saturated heterocycles. The number of hydrogen-bond donors (Lipinski definition) is 1. The normalized spacial score (nSPS) is 12.6. The Morgan fingerprint density at radius 1 is 1.26 bits per heavy atom. The van der Waals surface area contributed by atoms with E-state index in [1.54, 1.807) is 20.1 Å². The first-order valence-corrected chi connectivity index (χ1v) is 6.57. The average molecular weight is 261 g/mol. The molecule has 1 aromatic carbocycles. The summed E-state index contributed by atoms with van der Waals surface area (Å²) < 4.78 is 18.8. The maximum atomic E-state index is 13.5. The van der Waals surface area contributed by atoms with Gasteiger partial charge in [0, 0.05) is 19.0 Å². The largest absolute Gasteiger partial charge is 0.469 e. The first kappa shape index (κ1) is 13.8. The standard InChI is InChI=1S/C16H20FNO/c1-11-7-14(8-12(2)16(11)17)10-18-13(3)9-15-5-4-6-19-15/h4-8,13,18H,9-10H2,1-3H3. The van der Waals surface area contributed by atoms with Crippen molar-refractivity contribution in [3.63, 3.8) is 0 Å². The zero-order chi connectivity index (χ0) is 13.8. The Hall–Kier alpha value is -1.61. The van der Waals surface area contributed by atoms with Crippen molar-refractivity contribution in [3.05, 3.63) is 58.8 Å². The summed E-state index contributed by atoms with van der Waals surface area (Å²) in [5.41, 5.74) is 2.52. The molecule has 0 amide bonds. The SMILES string of the molecule is Cc1cc(CNC(C)Cc2ccco2)cc(C)c1F. The highest BCUT2D eigenvalue weighted by Gasteiger charge is 2.07. The van der Waals surface area contributed by atoms with Gasteiger partial charge in [-0.25, -0.2) is 4.39 Å². The molecule has 1 N–H and O–H groups in total. The van der Waals surface area contributed by atoms with Gasteiger partial charge in [-0.1, -0.05) is 12.1 Å². The van der Waals surface area contributed by atoms with E-state index >= 15 is 0 Å². The molecule has 0 aliphatic carbocycles. The molecular formula is C16H20FNO. The van der Waals surface area contributed by atoms with Crippen LogP contribution in [0.25, 0.3) is 0 Å². The fourth-order valence-electron chi connectivity index (χ4n) is 2.23. The lowest BCUT2D eigenvalue weighted by Crippen LogP contribution is -2.27. The number of aryl methyl sites for hydroxylation is 2. The van der Waals surface area contributed by atoms with Gasteiger partial charge >= 0.3 is 0 Å². The number of halogens is 1. The molecular weight excluding hydrogens is 241 g/mol. The minimum absolute atomic E-state index is 0.104. The van der Waals surface area contributed by atoms with E-state index in [9.17, 15) is 4.39 Å². The van der Waals surface area contributed by atoms with E-state index < -0.39 is 0 Å². The number of hydrogen-bond acceptors (Lipinski definition) is 2. The quantitative estimate of drug-likeness (QED) is 0.886. The van der Waals surface area contributed by atoms with Crippen LogP contribution in [-0.4, -0.2) is 6.04 Å². The monoisotopic (exact) mass is 261 g/mol. The third kappa shape index (κ3) is 3.67. The molecule has 2 rings (SSSR count). The Kier molecular flexibility index (Phi) is 4.38. The predicted molar refractivity (Wildman–Crippen MR) is 74.6 cm³/mol. The molecule has 3 heteroatoms. The zero-order valence-corrected chi connectivity index (χ0v) is 11.7. The van der Waals surface area contributed by atoms with E-state index in [4.69, 9.17) is 4.42 Å². The average Bonchev–Trinajstić information content (AvgIpc) is 2.86. The summed E-state index contributed by atoms with van der Waals surface area (Å²) in [5, 5.41) is 3.43. The highest BCUT2D eigenvalue weighted by atomic mass is 19.1. The first-order chi connectivity index (χ1) is 9.06. The smallest absolute Gasteiger partial charge is 0.129 e. The lowest BCUT2D eigenvalue weighted by molar-refractivity contribution is 0.456. The van der Waals surface area contributed by atoms with Crippen molar-refractivity contribution in [2.75, 3.05) is 0 Å². The van der Waals surface area contributed by atoms with Gasteiger partial charge in [0.25, 0.3) is 0 Å². The molecule has 0 radical (unpaired) electrons. The van der Waals surface area contributed by atoms with Crippen molar-refractivity contribution in [1.29, 1.82) is 0 Å². The lowest BCUT2D eigenvalue weighted by Gasteiger charge is -2.13. The van der Waals surface area contributed by atoms with Crippen LogP contribution in [-0.2, 0) is 13.0 Å². The molecule has 0 spiro atoms. The highest BCUT2D eigenvalue weighted by Crippen LogP contribution is 2.15. The Labute approximate surface area is 113 Å². The maximum Gasteiger partial charge on any atom is 0.129 e. The molecule has 0 bridgehead atoms. The second-order valence-electron chi connectivity index (χ2n) is 5.11. The molecule has 0 saturated carbocycles. The number of nitrogens with one attached hydrogen (secondary N) is 1. The van der Waals surface area contributed by atoms with Gasteiger partial charge in [0.1, 0.15) is 11.6 Å². The maximum absolute atomic E-state index is 13.5. The molecule has 102 valence electrons. The number of furan rings is 1. The van der Waals surface area contributed by atoms with Gasteiger partial charge in [-0.15, -0.1) is 0 Å². The molecule has 1 aromatic heterocycles. The highest BCUT2D eigenvalue weighted by molar-refractivity contribution is 5.30. The van der Waals surface area contributed by atoms with Crippen LogP contribution in [0.4, 0.5) is 4.39 Å². The van der Waals surface area contributed by atoms with Crippen molar-refractivity contribution >= 4 is 0 Å². The first-order valence-electron chi connectivity index (χ1n) is 6.57. The van der Waals surface area contributed by atoms with Crippen molar-refractivity contribution in [2.45, 2.75) is 39.8 Å². The topological polar surface area (TPSA) is 25.2 Å². The van der Waals surface area contributed by atoms with Crippen molar-refractivity contribution in [1.82, 2.24) is 5.32 Å². The molecule has 1 unspecified atom stereocenters. The van der Waals surface area contributed by atoms with E-state index in [1.165, 1.54) is 0 Å². The van der Waals surface area contributed by atoms with Gasteiger partial charge in [-0.05, 0) is 49.6 Å². The van der Waals surface area contributed by atoms with Crippen LogP contribution in [0.2, 0.25) is 0 Å². The van der Waals surface area contributed by atoms with Gasteiger partial charge < -0.3 is 9.73 Å². The third-order valence-electron chi connectivity index (χ3n) is 3.24. The fourth-order valence-corrected chi connectivity index (χ4v) is 2.23. The van der Waals surface area contributed by atoms with Crippen LogP contribution >= 0.6 is 0 Å². The van der Waals surface area contributed by atoms with Gasteiger partial charge in [-0.2, -0.15) is 0 Å². The van der Waals surface area contributed by atoms with E-state index in [1.807, 2.05) is 24.3 Å². The number of benzene rings is 1. The van der Waals surface area contributed by atoms with Crippen LogP contribution in [0.5, 0.6) is 0 Å². The predicted octanol–water partition coefficient (Wildman–Crippen LogP) is 3.76. The summed E-state index contributed by atoms with van der Waals surface area (Å²) in [6, 6.07) is 7.99. The van der Waals surface area contributed by atoms with Crippen molar-refractivity contribution < 1.29 is 8.81 Å². The van der Waals surface area contributed by atoms with Gasteiger partial charge in [0.05, 0.1) is 6.26 Å². The Morgan fingerprint density at radius 3 is 2.53 bits per heavy atom. The molecule has 0 fully saturated rings. The van der Waals surface area contributed by atoms with E-state index in [0.29, 0.717) is 17.2 Å². The molecule has 0 aliphatic heterocycles. The summed E-state index contributed by atoms with van der Waals surface area (Å²) in [6.07, 6.45) is 2.54. The minimum atomic E-state index is -0.104. The van der Waals surface area contributed by atoms with E-state index in [2.05, 4.69) is 12.2 Å². The van der Waals surface area contributed by atoms with Crippen molar-refractivity contribution in [3.8, 4) is 0 Å². The molecule has 1 heterocycles. The van der Waals surface area contributed by atoms with Crippen molar-refractivity contribution in [2.24, 2.45) is 0 Å². The Balaban J connectivity index is 1.91. The number of rotatable bonds is 5. The Morgan fingerprint density at radius 2 is 1.95 bits per heavy atom. The minimum Gasteiger partial charge on any atom is -0.469 e. The summed E-state index contributed by atoms with van der Waals surface area (Å²) in [5.74, 6) is 0.874.